The van der Waals surface area contributed by atoms with Crippen LogP contribution in [0.2, 0.25) is 0 Å². The van der Waals surface area contributed by atoms with E-state index in [9.17, 15) is 24.0 Å². The highest BCUT2D eigenvalue weighted by atomic mass is 16.2. The third-order valence-electron chi connectivity index (χ3n) is 13.4. The number of piperazine rings is 1. The van der Waals surface area contributed by atoms with Gasteiger partial charge in [0.1, 0.15) is 6.04 Å². The van der Waals surface area contributed by atoms with E-state index in [2.05, 4.69) is 60.3 Å². The molecule has 0 bridgehead atoms. The Balaban J connectivity index is 0.739. The molecule has 0 spiro atoms. The van der Waals surface area contributed by atoms with Gasteiger partial charge in [-0.25, -0.2) is 14.8 Å². The van der Waals surface area contributed by atoms with Gasteiger partial charge in [0, 0.05) is 86.4 Å². The van der Waals surface area contributed by atoms with E-state index in [1.807, 2.05) is 65.7 Å². The van der Waals surface area contributed by atoms with Gasteiger partial charge in [0.05, 0.1) is 16.6 Å². The molecular weight excluding hydrogens is 833 g/mol. The number of unbranched alkanes of at least 4 members (excludes halogenated alkanes) is 3. The smallest absolute Gasteiger partial charge is 0.322 e. The Morgan fingerprint density at radius 3 is 2.36 bits per heavy atom. The first-order valence-corrected chi connectivity index (χ1v) is 23.5. The fourth-order valence-electron chi connectivity index (χ4n) is 9.82. The maximum absolute atomic E-state index is 14.1. The number of benzene rings is 4. The number of nitrogens with one attached hydrogen (secondary N) is 4. The molecule has 5 aromatic rings. The summed E-state index contributed by atoms with van der Waals surface area (Å²) in [4.78, 5) is 82.2. The van der Waals surface area contributed by atoms with E-state index in [4.69, 9.17) is 4.98 Å². The number of nitrogens with zero attached hydrogens (tertiary/aromatic N) is 6. The third kappa shape index (κ3) is 10.2. The summed E-state index contributed by atoms with van der Waals surface area (Å²) in [5.41, 5.74) is 5.18. The second-order valence-corrected chi connectivity index (χ2v) is 17.8. The zero-order valence-corrected chi connectivity index (χ0v) is 37.3. The van der Waals surface area contributed by atoms with Crippen molar-refractivity contribution in [2.24, 2.45) is 0 Å². The lowest BCUT2D eigenvalue weighted by Crippen LogP contribution is -2.54. The first-order valence-electron chi connectivity index (χ1n) is 23.5. The molecule has 0 radical (unpaired) electrons. The number of rotatable bonds is 16. The van der Waals surface area contributed by atoms with Crippen LogP contribution in [0.25, 0.3) is 10.9 Å². The summed E-state index contributed by atoms with van der Waals surface area (Å²) in [5, 5.41) is 13.4. The topological polar surface area (TPSA) is 172 Å². The first kappa shape index (κ1) is 44.3. The van der Waals surface area contributed by atoms with Crippen LogP contribution in [0, 0.1) is 0 Å². The Bertz CT molecular complexity index is 2560. The fourth-order valence-corrected chi connectivity index (χ4v) is 9.82. The van der Waals surface area contributed by atoms with E-state index in [0.29, 0.717) is 30.3 Å². The quantitative estimate of drug-likeness (QED) is 0.0596. The van der Waals surface area contributed by atoms with Gasteiger partial charge in [-0.15, -0.1) is 0 Å². The number of anilines is 4. The molecular formula is C51H58N10O5. The third-order valence-corrected chi connectivity index (χ3v) is 13.4. The number of aromatic nitrogens is 2. The molecule has 2 saturated heterocycles. The number of hydrogen-bond donors (Lipinski definition) is 4. The van der Waals surface area contributed by atoms with E-state index >= 15 is 0 Å². The standard InChI is InChI=1S/C51H58N10O5/c62-45-25-24-44(47(63)57-45)61-48(64)41-17-11-19-43(46(41)49(61)65)52-26-8-1-2-9-27-58-28-30-59(31-29-58)39-15-10-16-40(32-39)60(51(66)54-33-35-12-4-3-5-13-35)38-22-20-37(21-23-38)55-50-53-34-36-14-6-7-18-42(36)56-50/h3-7,10-19,32,34,37-38,44,52H,1-2,8-9,20-31,33H2,(H,54,66)(H,53,55,56)(H,57,62,63). The Hall–Kier alpha value is -6.87. The minimum atomic E-state index is -0.984. The number of carbonyl (C=O) groups is 5. The summed E-state index contributed by atoms with van der Waals surface area (Å²) < 4.78 is 0. The number of para-hydroxylation sites is 1. The Morgan fingerprint density at radius 2 is 1.55 bits per heavy atom. The molecule has 4 aliphatic rings. The molecule has 15 heteroatoms. The molecule has 1 aliphatic carbocycles. The summed E-state index contributed by atoms with van der Waals surface area (Å²) in [6.45, 7) is 5.88. The monoisotopic (exact) mass is 890 g/mol. The van der Waals surface area contributed by atoms with Gasteiger partial charge in [-0.2, -0.15) is 0 Å². The molecule has 1 aromatic heterocycles. The molecule has 342 valence electrons. The van der Waals surface area contributed by atoms with E-state index in [0.717, 1.165) is 117 Å². The molecule has 1 atom stereocenters. The number of imide groups is 2. The molecule has 4 heterocycles. The van der Waals surface area contributed by atoms with Gasteiger partial charge in [-0.05, 0) is 93.5 Å². The second kappa shape index (κ2) is 20.5. The lowest BCUT2D eigenvalue weighted by Gasteiger charge is -2.39. The first-order chi connectivity index (χ1) is 32.3. The predicted octanol–water partition coefficient (Wildman–Crippen LogP) is 6.97. The van der Waals surface area contributed by atoms with Gasteiger partial charge in [0.15, 0.2) is 0 Å². The molecule has 1 saturated carbocycles. The van der Waals surface area contributed by atoms with Crippen molar-refractivity contribution in [3.05, 3.63) is 120 Å². The molecule has 6 amide bonds. The molecule has 4 aromatic carbocycles. The normalized spacial score (nSPS) is 20.0. The number of amides is 6. The molecule has 66 heavy (non-hydrogen) atoms. The van der Waals surface area contributed by atoms with Gasteiger partial charge in [-0.3, -0.25) is 39.2 Å². The van der Waals surface area contributed by atoms with Crippen LogP contribution in [-0.4, -0.2) is 107 Å². The summed E-state index contributed by atoms with van der Waals surface area (Å²) in [5.74, 6) is -1.36. The highest BCUT2D eigenvalue weighted by Gasteiger charge is 2.45. The van der Waals surface area contributed by atoms with Gasteiger partial charge in [0.25, 0.3) is 11.8 Å². The summed E-state index contributed by atoms with van der Waals surface area (Å²) in [6.07, 6.45) is 9.69. The van der Waals surface area contributed by atoms with Crippen LogP contribution in [0.5, 0.6) is 0 Å². The minimum absolute atomic E-state index is 0.0472. The van der Waals surface area contributed by atoms with Crippen molar-refractivity contribution in [3.8, 4) is 0 Å². The Morgan fingerprint density at radius 1 is 0.773 bits per heavy atom. The van der Waals surface area contributed by atoms with Crippen LogP contribution in [0.4, 0.5) is 27.8 Å². The minimum Gasteiger partial charge on any atom is -0.384 e. The predicted molar refractivity (Wildman–Crippen MR) is 256 cm³/mol. The average Bonchev–Trinajstić information content (AvgIpc) is 3.60. The number of fused-ring (bicyclic) bond motifs is 2. The van der Waals surface area contributed by atoms with Crippen LogP contribution >= 0.6 is 0 Å². The number of urea groups is 1. The summed E-state index contributed by atoms with van der Waals surface area (Å²) >= 11 is 0. The van der Waals surface area contributed by atoms with E-state index < -0.39 is 29.7 Å². The van der Waals surface area contributed by atoms with Crippen molar-refractivity contribution >= 4 is 63.6 Å². The summed E-state index contributed by atoms with van der Waals surface area (Å²) in [6, 6.07) is 30.9. The average molecular weight is 891 g/mol. The Kier molecular flexibility index (Phi) is 13.8. The van der Waals surface area contributed by atoms with Crippen molar-refractivity contribution in [2.45, 2.75) is 88.9 Å². The molecule has 4 N–H and O–H groups in total. The highest BCUT2D eigenvalue weighted by Crippen LogP contribution is 2.34. The summed E-state index contributed by atoms with van der Waals surface area (Å²) in [7, 11) is 0. The van der Waals surface area contributed by atoms with Crippen LogP contribution in [-0.2, 0) is 16.1 Å². The maximum atomic E-state index is 14.1. The lowest BCUT2D eigenvalue weighted by atomic mass is 9.90. The van der Waals surface area contributed by atoms with Crippen molar-refractivity contribution < 1.29 is 24.0 Å². The second-order valence-electron chi connectivity index (χ2n) is 17.8. The van der Waals surface area contributed by atoms with Gasteiger partial charge in [-0.1, -0.05) is 73.5 Å². The van der Waals surface area contributed by atoms with Crippen molar-refractivity contribution in [3.63, 3.8) is 0 Å². The van der Waals surface area contributed by atoms with Gasteiger partial charge >= 0.3 is 6.03 Å². The largest absolute Gasteiger partial charge is 0.384 e. The number of carbonyl (C=O) groups excluding carboxylic acids is 5. The van der Waals surface area contributed by atoms with Crippen molar-refractivity contribution in [1.82, 2.24) is 30.4 Å². The van der Waals surface area contributed by atoms with E-state index in [1.165, 1.54) is 0 Å². The van der Waals surface area contributed by atoms with Crippen LogP contribution in [0.1, 0.15) is 90.5 Å². The van der Waals surface area contributed by atoms with Crippen LogP contribution in [0.15, 0.2) is 103 Å². The zero-order valence-electron chi connectivity index (χ0n) is 37.3. The highest BCUT2D eigenvalue weighted by molar-refractivity contribution is 6.25. The maximum Gasteiger partial charge on any atom is 0.322 e. The number of hydrogen-bond acceptors (Lipinski definition) is 11. The molecule has 9 rings (SSSR count). The van der Waals surface area contributed by atoms with Crippen molar-refractivity contribution in [1.29, 1.82) is 0 Å². The molecule has 1 unspecified atom stereocenters. The number of piperidine rings is 1. The zero-order chi connectivity index (χ0) is 45.4. The van der Waals surface area contributed by atoms with Crippen LogP contribution in [0.3, 0.4) is 0 Å². The SMILES string of the molecule is O=C1CCC(N2C(=O)c3cccc(NCCCCCCN4CCN(c5cccc(N(C(=O)NCc6ccccc6)C6CCC(Nc7ncc8ccccc8n7)CC6)c5)CC4)c3C2=O)C(=O)N1. The molecule has 15 nitrogen and oxygen atoms in total. The fraction of sp³-hybridized carbons (Fsp3) is 0.392. The lowest BCUT2D eigenvalue weighted by molar-refractivity contribution is -0.136. The molecule has 3 fully saturated rings. The van der Waals surface area contributed by atoms with Gasteiger partial charge in [0.2, 0.25) is 17.8 Å². The Labute approximate surface area is 385 Å². The van der Waals surface area contributed by atoms with Crippen molar-refractivity contribution in [2.75, 3.05) is 59.7 Å². The molecule has 3 aliphatic heterocycles. The van der Waals surface area contributed by atoms with E-state index in [-0.39, 0.29) is 36.5 Å². The van der Waals surface area contributed by atoms with Crippen LogP contribution < -0.4 is 31.1 Å². The van der Waals surface area contributed by atoms with Gasteiger partial charge < -0.3 is 20.9 Å². The van der Waals surface area contributed by atoms with E-state index in [1.54, 1.807) is 18.2 Å².